The third-order valence-electron chi connectivity index (χ3n) is 8.67. The Hall–Kier alpha value is -0.348. The van der Waals surface area contributed by atoms with Crippen molar-refractivity contribution >= 4 is 72.1 Å². The third kappa shape index (κ3) is 10.9. The van der Waals surface area contributed by atoms with Gasteiger partial charge in [-0.15, -0.1) is 0 Å². The second-order valence-electron chi connectivity index (χ2n) is 12.3. The van der Waals surface area contributed by atoms with Gasteiger partial charge in [-0.2, -0.15) is 0 Å². The monoisotopic (exact) mass is 672 g/mol. The van der Waals surface area contributed by atoms with Crippen molar-refractivity contribution in [3.8, 4) is 0 Å². The molecule has 2 aromatic rings. The average molecular weight is 675 g/mol. The van der Waals surface area contributed by atoms with Gasteiger partial charge < -0.3 is 18.6 Å². The summed E-state index contributed by atoms with van der Waals surface area (Å²) in [4.78, 5) is 7.40. The molecule has 0 fully saturated rings. The van der Waals surface area contributed by atoms with Crippen molar-refractivity contribution in [3.05, 3.63) is 56.5 Å². The van der Waals surface area contributed by atoms with E-state index in [2.05, 4.69) is 78.9 Å². The maximum Gasteiger partial charge on any atom is 0.407 e. The largest absolute Gasteiger partial charge is 0.458 e. The van der Waals surface area contributed by atoms with Gasteiger partial charge in [-0.3, -0.25) is 0 Å². The lowest BCUT2D eigenvalue weighted by Gasteiger charge is -2.40. The molecule has 4 unspecified atom stereocenters. The SMILES string of the molecule is CCCCN(CCCN(C)C(C)CC(C)N(C)c1c(Cl)cccc1Cl)C(C)CC(C)[N](c1c(Cl)cccc1Cl)[Al]([CH3])[CH3]. The van der Waals surface area contributed by atoms with Crippen LogP contribution < -0.4 is 8.78 Å². The molecule has 0 radical (unpaired) electrons. The Balaban J connectivity index is 1.98. The molecule has 0 saturated carbocycles. The van der Waals surface area contributed by atoms with Gasteiger partial charge in [-0.05, 0) is 104 Å². The molecule has 2 aromatic carbocycles. The van der Waals surface area contributed by atoms with Crippen molar-refractivity contribution in [2.24, 2.45) is 0 Å². The minimum atomic E-state index is -1.21. The minimum Gasteiger partial charge on any atom is -0.458 e. The summed E-state index contributed by atoms with van der Waals surface area (Å²) in [5.74, 6) is 4.71. The molecule has 0 saturated heterocycles. The van der Waals surface area contributed by atoms with Gasteiger partial charge in [0.25, 0.3) is 0 Å². The molecule has 0 aliphatic rings. The fraction of sp³-hybridized carbons (Fsp3) is 0.636. The number of unbranched alkanes of at least 4 members (excludes halogenated alkanes) is 1. The van der Waals surface area contributed by atoms with E-state index in [1.807, 2.05) is 36.4 Å². The van der Waals surface area contributed by atoms with Crippen LogP contribution in [-0.4, -0.2) is 82.1 Å². The number of benzene rings is 2. The zero-order valence-electron chi connectivity index (χ0n) is 27.3. The normalized spacial score (nSPS) is 14.6. The lowest BCUT2D eigenvalue weighted by molar-refractivity contribution is 0.168. The first-order valence-electron chi connectivity index (χ1n) is 15.6. The van der Waals surface area contributed by atoms with E-state index >= 15 is 0 Å². The van der Waals surface area contributed by atoms with Crippen LogP contribution in [0.3, 0.4) is 0 Å². The van der Waals surface area contributed by atoms with Gasteiger partial charge in [0, 0.05) is 31.2 Å². The molecular weight excluding hydrogens is 621 g/mol. The highest BCUT2D eigenvalue weighted by Crippen LogP contribution is 2.37. The van der Waals surface area contributed by atoms with Crippen molar-refractivity contribution in [3.63, 3.8) is 0 Å². The molecule has 4 atom stereocenters. The van der Waals surface area contributed by atoms with E-state index in [1.54, 1.807) is 0 Å². The molecule has 0 aliphatic heterocycles. The van der Waals surface area contributed by atoms with Gasteiger partial charge in [0.2, 0.25) is 0 Å². The van der Waals surface area contributed by atoms with Crippen molar-refractivity contribution in [1.29, 1.82) is 0 Å². The Morgan fingerprint density at radius 3 is 1.62 bits per heavy atom. The first kappa shape index (κ1) is 37.8. The zero-order chi connectivity index (χ0) is 31.6. The average Bonchev–Trinajstić information content (AvgIpc) is 2.91. The van der Waals surface area contributed by atoms with Crippen LogP contribution in [0.5, 0.6) is 0 Å². The Morgan fingerprint density at radius 2 is 1.12 bits per heavy atom. The Bertz CT molecular complexity index is 1050. The molecule has 0 heterocycles. The maximum absolute atomic E-state index is 6.66. The van der Waals surface area contributed by atoms with Gasteiger partial charge in [0.15, 0.2) is 0 Å². The third-order valence-corrected chi connectivity index (χ3v) is 11.8. The smallest absolute Gasteiger partial charge is 0.407 e. The van der Waals surface area contributed by atoms with E-state index in [0.717, 1.165) is 60.3 Å². The summed E-state index contributed by atoms with van der Waals surface area (Å²) in [7, 11) is 4.33. The van der Waals surface area contributed by atoms with E-state index in [1.165, 1.54) is 12.8 Å². The second kappa shape index (κ2) is 18.6. The maximum atomic E-state index is 6.66. The summed E-state index contributed by atoms with van der Waals surface area (Å²) in [6, 6.07) is 13.1. The zero-order valence-corrected chi connectivity index (χ0v) is 31.5. The van der Waals surface area contributed by atoms with Crippen LogP contribution in [-0.2, 0) is 0 Å². The van der Waals surface area contributed by atoms with Gasteiger partial charge in [0.05, 0.1) is 31.5 Å². The standard InChI is InChI=1S/C31H47Cl4N4.2CH3.Al/c1-8-9-18-39(25(5)20-22(2)36-30-26(32)13-10-14-27(30)33)19-12-17-37(6)23(3)21-24(4)38(7)31-28(34)15-11-16-29(31)35;;;/h10-11,13-16,22-25H,8-9,12,17-21H2,1-7H3;2*1H3;/q-1;;;+1. The number of rotatable bonds is 18. The molecule has 0 spiro atoms. The number of hydrogen-bond donors (Lipinski definition) is 0. The van der Waals surface area contributed by atoms with E-state index in [-0.39, 0.29) is 0 Å². The van der Waals surface area contributed by atoms with Crippen LogP contribution in [0.25, 0.3) is 0 Å². The topological polar surface area (TPSA) is 13.0 Å². The minimum absolute atomic E-state index is 0.307. The molecule has 4 nitrogen and oxygen atoms in total. The molecule has 42 heavy (non-hydrogen) atoms. The van der Waals surface area contributed by atoms with Crippen LogP contribution in [0.15, 0.2) is 36.4 Å². The quantitative estimate of drug-likeness (QED) is 0.146. The highest BCUT2D eigenvalue weighted by atomic mass is 35.5. The molecule has 236 valence electrons. The molecule has 0 aliphatic carbocycles. The molecule has 0 amide bonds. The number of halogens is 4. The van der Waals surface area contributed by atoms with Crippen molar-refractivity contribution in [2.45, 2.75) is 102 Å². The molecule has 0 aromatic heterocycles. The predicted octanol–water partition coefficient (Wildman–Crippen LogP) is 10.3. The highest BCUT2D eigenvalue weighted by Gasteiger charge is 2.28. The van der Waals surface area contributed by atoms with Gasteiger partial charge in [-0.25, -0.2) is 0 Å². The van der Waals surface area contributed by atoms with Crippen LogP contribution in [0.4, 0.5) is 11.4 Å². The van der Waals surface area contributed by atoms with Gasteiger partial charge >= 0.3 is 14.4 Å². The summed E-state index contributed by atoms with van der Waals surface area (Å²) >= 11 is 25.1. The first-order valence-corrected chi connectivity index (χ1v) is 20.0. The van der Waals surface area contributed by atoms with E-state index in [0.29, 0.717) is 34.2 Å². The number of nitrogens with zero attached hydrogens (tertiary/aromatic N) is 4. The molecule has 2 rings (SSSR count). The van der Waals surface area contributed by atoms with E-state index in [9.17, 15) is 0 Å². The van der Waals surface area contributed by atoms with Gasteiger partial charge in [0.1, 0.15) is 0 Å². The lowest BCUT2D eigenvalue weighted by atomic mass is 10.1. The van der Waals surface area contributed by atoms with Crippen molar-refractivity contribution < 1.29 is 0 Å². The number of para-hydroxylation sites is 2. The van der Waals surface area contributed by atoms with Crippen molar-refractivity contribution in [1.82, 2.24) is 9.80 Å². The van der Waals surface area contributed by atoms with Crippen molar-refractivity contribution in [2.75, 3.05) is 42.5 Å². The van der Waals surface area contributed by atoms with E-state index in [4.69, 9.17) is 46.4 Å². The van der Waals surface area contributed by atoms with Crippen LogP contribution in [0, 0.1) is 0 Å². The summed E-state index contributed by atoms with van der Waals surface area (Å²) < 4.78 is 2.53. The second-order valence-corrected chi connectivity index (χ2v) is 16.7. The summed E-state index contributed by atoms with van der Waals surface area (Å²) in [5.41, 5.74) is 1.92. The van der Waals surface area contributed by atoms with Crippen LogP contribution in [0.1, 0.15) is 66.7 Å². The number of anilines is 2. The predicted molar refractivity (Wildman–Crippen MR) is 192 cm³/mol. The Kier molecular flexibility index (Phi) is 16.7. The lowest BCUT2D eigenvalue weighted by Crippen LogP contribution is -2.46. The Morgan fingerprint density at radius 1 is 0.643 bits per heavy atom. The Labute approximate surface area is 281 Å². The fourth-order valence-corrected chi connectivity index (χ4v) is 9.37. The fourth-order valence-electron chi connectivity index (χ4n) is 6.01. The van der Waals surface area contributed by atoms with Crippen LogP contribution in [0.2, 0.25) is 31.7 Å². The molecule has 0 N–H and O–H groups in total. The molecule has 9 heteroatoms. The van der Waals surface area contributed by atoms with Crippen LogP contribution >= 0.6 is 46.4 Å². The number of hydrogen-bond acceptors (Lipinski definition) is 4. The summed E-state index contributed by atoms with van der Waals surface area (Å²) in [6.07, 6.45) is 5.68. The summed E-state index contributed by atoms with van der Waals surface area (Å²) in [5, 5.41) is 2.89. The highest BCUT2D eigenvalue weighted by molar-refractivity contribution is 6.61. The van der Waals surface area contributed by atoms with Gasteiger partial charge in [-0.1, -0.05) is 83.5 Å². The first-order chi connectivity index (χ1) is 19.8. The van der Waals surface area contributed by atoms with E-state index < -0.39 is 14.4 Å². The molecule has 0 bridgehead atoms. The summed E-state index contributed by atoms with van der Waals surface area (Å²) in [6.45, 7) is 14.9. The molecular formula is C33H53AlCl4N4.